The number of rotatable bonds is 5. The standard InChI is InChI=1S/C18H30N2O7Si/c1-11-9-20(16(24)19-14(11)22)13-8-12(27-28(6,7)17(2,3)4)18(10-21,26-13)15(23)25-5/h9,12-13,21H,8,10H2,1-7H3,(H,19,22,24)/t12-,13+,18+/m0/s1. The Morgan fingerprint density at radius 1 is 1.43 bits per heavy atom. The molecular weight excluding hydrogens is 384 g/mol. The molecule has 2 rings (SSSR count). The van der Waals surface area contributed by atoms with Crippen molar-refractivity contribution in [1.29, 1.82) is 0 Å². The molecule has 0 aliphatic carbocycles. The van der Waals surface area contributed by atoms with Gasteiger partial charge in [0.05, 0.1) is 19.8 Å². The fraction of sp³-hybridized carbons (Fsp3) is 0.722. The first-order valence-electron chi connectivity index (χ1n) is 9.16. The van der Waals surface area contributed by atoms with Gasteiger partial charge in [0.2, 0.25) is 5.60 Å². The molecule has 2 heterocycles. The van der Waals surface area contributed by atoms with Crippen LogP contribution in [0.1, 0.15) is 39.0 Å². The zero-order valence-electron chi connectivity index (χ0n) is 17.5. The number of carbonyl (C=O) groups excluding carboxylic acids is 1. The number of methoxy groups -OCH3 is 1. The minimum atomic E-state index is -2.34. The molecule has 3 atom stereocenters. The smallest absolute Gasteiger partial charge is 0.343 e. The van der Waals surface area contributed by atoms with Gasteiger partial charge in [0.25, 0.3) is 5.56 Å². The molecule has 0 unspecified atom stereocenters. The van der Waals surface area contributed by atoms with Gasteiger partial charge in [-0.05, 0) is 25.1 Å². The number of nitrogens with one attached hydrogen (secondary N) is 1. The third-order valence-corrected chi connectivity index (χ3v) is 10.2. The van der Waals surface area contributed by atoms with E-state index >= 15 is 0 Å². The zero-order chi connectivity index (χ0) is 21.5. The van der Waals surface area contributed by atoms with Crippen LogP contribution in [-0.4, -0.2) is 54.4 Å². The molecule has 0 aromatic carbocycles. The molecule has 0 spiro atoms. The van der Waals surface area contributed by atoms with E-state index in [2.05, 4.69) is 25.8 Å². The summed E-state index contributed by atoms with van der Waals surface area (Å²) in [4.78, 5) is 38.7. The number of aryl methyl sites for hydroxylation is 1. The minimum Gasteiger partial charge on any atom is -0.467 e. The number of ether oxygens (including phenoxy) is 2. The lowest BCUT2D eigenvalue weighted by Crippen LogP contribution is -2.56. The van der Waals surface area contributed by atoms with Gasteiger partial charge >= 0.3 is 11.7 Å². The molecule has 158 valence electrons. The number of nitrogens with zero attached hydrogens (tertiary/aromatic N) is 1. The van der Waals surface area contributed by atoms with E-state index in [1.54, 1.807) is 6.92 Å². The Hall–Kier alpha value is -1.75. The Kier molecular flexibility index (Phi) is 6.10. The minimum absolute atomic E-state index is 0.145. The summed E-state index contributed by atoms with van der Waals surface area (Å²) in [5.41, 5.74) is -2.58. The van der Waals surface area contributed by atoms with Crippen LogP contribution in [0.15, 0.2) is 15.8 Å². The normalized spacial score (nSPS) is 25.7. The van der Waals surface area contributed by atoms with Gasteiger partial charge in [0.1, 0.15) is 6.23 Å². The van der Waals surface area contributed by atoms with E-state index in [9.17, 15) is 19.5 Å². The first-order valence-corrected chi connectivity index (χ1v) is 12.1. The fourth-order valence-electron chi connectivity index (χ4n) is 2.94. The summed E-state index contributed by atoms with van der Waals surface area (Å²) < 4.78 is 18.4. The third-order valence-electron chi connectivity index (χ3n) is 5.75. The van der Waals surface area contributed by atoms with Crippen molar-refractivity contribution in [2.75, 3.05) is 13.7 Å². The number of carbonyl (C=O) groups is 1. The van der Waals surface area contributed by atoms with Crippen LogP contribution in [0.3, 0.4) is 0 Å². The van der Waals surface area contributed by atoms with E-state index in [1.165, 1.54) is 17.9 Å². The van der Waals surface area contributed by atoms with Gasteiger partial charge in [-0.15, -0.1) is 0 Å². The number of H-pyrrole nitrogens is 1. The lowest BCUT2D eigenvalue weighted by molar-refractivity contribution is -0.186. The predicted octanol–water partition coefficient (Wildman–Crippen LogP) is 1.06. The molecule has 0 bridgehead atoms. The summed E-state index contributed by atoms with van der Waals surface area (Å²) in [6.45, 7) is 11.1. The molecule has 1 aliphatic heterocycles. The number of aliphatic hydroxyl groups is 1. The molecule has 1 aromatic heterocycles. The van der Waals surface area contributed by atoms with Gasteiger partial charge in [0.15, 0.2) is 8.32 Å². The molecule has 2 N–H and O–H groups in total. The van der Waals surface area contributed by atoms with Crippen LogP contribution in [0.25, 0.3) is 0 Å². The summed E-state index contributed by atoms with van der Waals surface area (Å²) in [5.74, 6) is -0.768. The van der Waals surface area contributed by atoms with Gasteiger partial charge in [-0.1, -0.05) is 20.8 Å². The molecule has 1 saturated heterocycles. The number of aromatic nitrogens is 2. The zero-order valence-corrected chi connectivity index (χ0v) is 18.5. The summed E-state index contributed by atoms with van der Waals surface area (Å²) in [6, 6.07) is 0. The molecule has 0 amide bonds. The van der Waals surface area contributed by atoms with Gasteiger partial charge in [-0.2, -0.15) is 0 Å². The van der Waals surface area contributed by atoms with E-state index < -0.39 is 50.1 Å². The third kappa shape index (κ3) is 3.86. The quantitative estimate of drug-likeness (QED) is 0.546. The number of aromatic amines is 1. The number of aliphatic hydroxyl groups excluding tert-OH is 1. The van der Waals surface area contributed by atoms with Gasteiger partial charge in [-0.25, -0.2) is 9.59 Å². The van der Waals surface area contributed by atoms with Crippen molar-refractivity contribution in [2.45, 2.75) is 70.2 Å². The monoisotopic (exact) mass is 414 g/mol. The highest BCUT2D eigenvalue weighted by Gasteiger charge is 2.58. The molecule has 1 aromatic rings. The molecule has 28 heavy (non-hydrogen) atoms. The van der Waals surface area contributed by atoms with Gasteiger partial charge < -0.3 is 19.0 Å². The maximum Gasteiger partial charge on any atom is 0.343 e. The molecule has 0 saturated carbocycles. The summed E-state index contributed by atoms with van der Waals surface area (Å²) in [7, 11) is -1.14. The second-order valence-corrected chi connectivity index (χ2v) is 13.4. The highest BCUT2D eigenvalue weighted by molar-refractivity contribution is 6.74. The van der Waals surface area contributed by atoms with Crippen LogP contribution in [0.5, 0.6) is 0 Å². The SMILES string of the molecule is COC(=O)[C@]1(CO)O[C@@H](n2cc(C)c(=O)[nH]c2=O)C[C@@H]1O[Si](C)(C)C(C)(C)C. The predicted molar refractivity (Wildman–Crippen MR) is 105 cm³/mol. The number of hydrogen-bond acceptors (Lipinski definition) is 7. The summed E-state index contributed by atoms with van der Waals surface area (Å²) in [6.07, 6.45) is -0.188. The van der Waals surface area contributed by atoms with Crippen LogP contribution in [0, 0.1) is 6.92 Å². The number of hydrogen-bond donors (Lipinski definition) is 2. The van der Waals surface area contributed by atoms with Crippen LogP contribution < -0.4 is 11.2 Å². The van der Waals surface area contributed by atoms with Gasteiger partial charge in [-0.3, -0.25) is 14.3 Å². The first kappa shape index (κ1) is 22.5. The van der Waals surface area contributed by atoms with Crippen molar-refractivity contribution >= 4 is 14.3 Å². The Balaban J connectivity index is 2.51. The topological polar surface area (TPSA) is 120 Å². The second-order valence-electron chi connectivity index (χ2n) is 8.69. The van der Waals surface area contributed by atoms with Crippen molar-refractivity contribution < 1.29 is 23.8 Å². The highest BCUT2D eigenvalue weighted by Crippen LogP contribution is 2.44. The largest absolute Gasteiger partial charge is 0.467 e. The Morgan fingerprint density at radius 3 is 2.54 bits per heavy atom. The molecule has 9 nitrogen and oxygen atoms in total. The van der Waals surface area contributed by atoms with Crippen LogP contribution in [0.2, 0.25) is 18.1 Å². The first-order chi connectivity index (χ1) is 12.8. The van der Waals surface area contributed by atoms with Crippen molar-refractivity contribution in [3.8, 4) is 0 Å². The molecule has 0 radical (unpaired) electrons. The second kappa shape index (κ2) is 7.58. The Bertz CT molecular complexity index is 855. The van der Waals surface area contributed by atoms with Gasteiger partial charge in [0, 0.05) is 18.2 Å². The van der Waals surface area contributed by atoms with E-state index in [0.29, 0.717) is 5.56 Å². The summed E-state index contributed by atoms with van der Waals surface area (Å²) >= 11 is 0. The lowest BCUT2D eigenvalue weighted by atomic mass is 9.98. The van der Waals surface area contributed by atoms with Crippen molar-refractivity contribution in [3.63, 3.8) is 0 Å². The average molecular weight is 415 g/mol. The Morgan fingerprint density at radius 2 is 2.04 bits per heavy atom. The van der Waals surface area contributed by atoms with E-state index in [1.807, 2.05) is 13.1 Å². The lowest BCUT2D eigenvalue weighted by Gasteiger charge is -2.41. The average Bonchev–Trinajstić information content (AvgIpc) is 2.95. The van der Waals surface area contributed by atoms with Crippen molar-refractivity contribution in [2.24, 2.45) is 0 Å². The van der Waals surface area contributed by atoms with Crippen LogP contribution >= 0.6 is 0 Å². The highest BCUT2D eigenvalue weighted by atomic mass is 28.4. The number of esters is 1. The summed E-state index contributed by atoms with van der Waals surface area (Å²) in [5, 5.41) is 9.94. The molecular formula is C18H30N2O7Si. The van der Waals surface area contributed by atoms with E-state index in [0.717, 1.165) is 0 Å². The van der Waals surface area contributed by atoms with Crippen molar-refractivity contribution in [3.05, 3.63) is 32.6 Å². The van der Waals surface area contributed by atoms with E-state index in [4.69, 9.17) is 13.9 Å². The molecule has 10 heteroatoms. The Labute approximate surface area is 164 Å². The van der Waals surface area contributed by atoms with Crippen LogP contribution in [0.4, 0.5) is 0 Å². The molecule has 1 fully saturated rings. The fourth-order valence-corrected chi connectivity index (χ4v) is 4.29. The van der Waals surface area contributed by atoms with E-state index in [-0.39, 0.29) is 11.5 Å². The molecule has 1 aliphatic rings. The maximum atomic E-state index is 12.6. The van der Waals surface area contributed by atoms with Crippen molar-refractivity contribution in [1.82, 2.24) is 9.55 Å². The maximum absolute atomic E-state index is 12.6. The van der Waals surface area contributed by atoms with Crippen LogP contribution in [-0.2, 0) is 18.7 Å².